The van der Waals surface area contributed by atoms with E-state index in [-0.39, 0.29) is 5.41 Å². The summed E-state index contributed by atoms with van der Waals surface area (Å²) in [6.07, 6.45) is 0. The van der Waals surface area contributed by atoms with E-state index in [0.717, 1.165) is 94.1 Å². The van der Waals surface area contributed by atoms with Gasteiger partial charge in [0.1, 0.15) is 11.2 Å². The second-order valence-electron chi connectivity index (χ2n) is 16.4. The first-order chi connectivity index (χ1) is 29.5. The lowest BCUT2D eigenvalue weighted by Gasteiger charge is -2.21. The second-order valence-corrected chi connectivity index (χ2v) is 16.4. The molecule has 0 fully saturated rings. The Balaban J connectivity index is 0.987. The molecular weight excluding hydrogens is 731 g/mol. The molecule has 3 heterocycles. The van der Waals surface area contributed by atoms with Gasteiger partial charge >= 0.3 is 0 Å². The van der Waals surface area contributed by atoms with Crippen molar-refractivity contribution < 1.29 is 4.42 Å². The molecule has 3 aromatic heterocycles. The van der Waals surface area contributed by atoms with Crippen LogP contribution in [0.15, 0.2) is 192 Å². The van der Waals surface area contributed by atoms with Gasteiger partial charge in [0.15, 0.2) is 5.82 Å². The molecule has 0 unspecified atom stereocenters. The predicted octanol–water partition coefficient (Wildman–Crippen LogP) is 14.7. The Labute approximate surface area is 347 Å². The summed E-state index contributed by atoms with van der Waals surface area (Å²) in [6.45, 7) is 4.63. The standard InChI is InChI=1S/C56H37N3O/c1-56(2)45-19-11-9-17-40(45)43-32-39(25-28-46(43)56)49-33-48(58-55(59-49)37-15-7-4-8-16-37)35-23-21-34(22-24-35)38-26-29-47-44(31-38)52-42(54(57-47)36-13-5-3-6-14-36)27-30-51-53(52)41-18-10-12-20-50(41)60-51/h3-33H,1-2H3. The molecule has 1 aliphatic carbocycles. The van der Waals surface area contributed by atoms with Crippen molar-refractivity contribution in [2.24, 2.45) is 0 Å². The molecule has 0 saturated heterocycles. The second kappa shape index (κ2) is 13.2. The molecule has 60 heavy (non-hydrogen) atoms. The minimum absolute atomic E-state index is 0.0577. The van der Waals surface area contributed by atoms with Crippen LogP contribution in [0.1, 0.15) is 25.0 Å². The third-order valence-electron chi connectivity index (χ3n) is 12.5. The molecular formula is C56H37N3O. The summed E-state index contributed by atoms with van der Waals surface area (Å²) in [5, 5.41) is 5.57. The highest BCUT2D eigenvalue weighted by Crippen LogP contribution is 2.50. The van der Waals surface area contributed by atoms with Crippen LogP contribution < -0.4 is 0 Å². The van der Waals surface area contributed by atoms with Gasteiger partial charge in [-0.3, -0.25) is 0 Å². The van der Waals surface area contributed by atoms with Gasteiger partial charge in [-0.25, -0.2) is 15.0 Å². The van der Waals surface area contributed by atoms with E-state index >= 15 is 0 Å². The van der Waals surface area contributed by atoms with Gasteiger partial charge < -0.3 is 4.42 Å². The van der Waals surface area contributed by atoms with Gasteiger partial charge in [0, 0.05) is 54.6 Å². The molecule has 0 aliphatic heterocycles. The summed E-state index contributed by atoms with van der Waals surface area (Å²) in [7, 11) is 0. The lowest BCUT2D eigenvalue weighted by Crippen LogP contribution is -2.14. The summed E-state index contributed by atoms with van der Waals surface area (Å²) < 4.78 is 6.41. The molecule has 282 valence electrons. The highest BCUT2D eigenvalue weighted by molar-refractivity contribution is 6.28. The third-order valence-corrected chi connectivity index (χ3v) is 12.5. The molecule has 0 bridgehead atoms. The number of para-hydroxylation sites is 1. The topological polar surface area (TPSA) is 51.8 Å². The Bertz CT molecular complexity index is 3490. The van der Waals surface area contributed by atoms with E-state index in [2.05, 4.69) is 166 Å². The monoisotopic (exact) mass is 767 g/mol. The maximum atomic E-state index is 6.41. The normalized spacial score (nSPS) is 13.0. The van der Waals surface area contributed by atoms with Crippen molar-refractivity contribution in [3.63, 3.8) is 0 Å². The zero-order valence-corrected chi connectivity index (χ0v) is 33.1. The SMILES string of the molecule is CC1(C)c2ccccc2-c2cc(-c3cc(-c4ccc(-c5ccc6nc(-c7ccccc7)c7ccc8oc9ccccc9c8c7c6c5)cc4)nc(-c4ccccc4)n3)ccc21. The van der Waals surface area contributed by atoms with Crippen LogP contribution in [0.25, 0.3) is 111 Å². The molecule has 8 aromatic carbocycles. The van der Waals surface area contributed by atoms with E-state index in [1.54, 1.807) is 0 Å². The molecule has 4 nitrogen and oxygen atoms in total. The Kier molecular flexibility index (Phi) is 7.54. The van der Waals surface area contributed by atoms with Gasteiger partial charge in [-0.1, -0.05) is 159 Å². The molecule has 0 N–H and O–H groups in total. The molecule has 0 saturated carbocycles. The smallest absolute Gasteiger partial charge is 0.160 e. The van der Waals surface area contributed by atoms with E-state index in [1.165, 1.54) is 22.3 Å². The molecule has 1 aliphatic rings. The fraction of sp³-hybridized carbons (Fsp3) is 0.0536. The van der Waals surface area contributed by atoms with Crippen molar-refractivity contribution in [2.45, 2.75) is 19.3 Å². The lowest BCUT2D eigenvalue weighted by atomic mass is 9.82. The van der Waals surface area contributed by atoms with Gasteiger partial charge in [-0.15, -0.1) is 0 Å². The van der Waals surface area contributed by atoms with Crippen LogP contribution in [0.2, 0.25) is 0 Å². The van der Waals surface area contributed by atoms with Gasteiger partial charge in [-0.05, 0) is 75.8 Å². The Morgan fingerprint density at radius 2 is 1.03 bits per heavy atom. The Morgan fingerprint density at radius 3 is 1.85 bits per heavy atom. The van der Waals surface area contributed by atoms with Gasteiger partial charge in [0.2, 0.25) is 0 Å². The van der Waals surface area contributed by atoms with Crippen molar-refractivity contribution in [1.29, 1.82) is 0 Å². The summed E-state index contributed by atoms with van der Waals surface area (Å²) in [5.74, 6) is 0.704. The first-order valence-corrected chi connectivity index (χ1v) is 20.5. The molecule has 0 radical (unpaired) electrons. The van der Waals surface area contributed by atoms with Crippen molar-refractivity contribution in [1.82, 2.24) is 15.0 Å². The molecule has 12 rings (SSSR count). The summed E-state index contributed by atoms with van der Waals surface area (Å²) >= 11 is 0. The van der Waals surface area contributed by atoms with Crippen LogP contribution >= 0.6 is 0 Å². The van der Waals surface area contributed by atoms with Gasteiger partial charge in [0.05, 0.1) is 22.6 Å². The van der Waals surface area contributed by atoms with Crippen molar-refractivity contribution in [2.75, 3.05) is 0 Å². The zero-order chi connectivity index (χ0) is 40.0. The van der Waals surface area contributed by atoms with E-state index < -0.39 is 0 Å². The number of hydrogen-bond donors (Lipinski definition) is 0. The van der Waals surface area contributed by atoms with E-state index in [0.29, 0.717) is 5.82 Å². The summed E-state index contributed by atoms with van der Waals surface area (Å²) in [5.41, 5.74) is 17.1. The maximum absolute atomic E-state index is 6.41. The van der Waals surface area contributed by atoms with Crippen LogP contribution in [-0.4, -0.2) is 15.0 Å². The molecule has 4 heteroatoms. The van der Waals surface area contributed by atoms with E-state index in [9.17, 15) is 0 Å². The number of furan rings is 1. The highest BCUT2D eigenvalue weighted by atomic mass is 16.3. The van der Waals surface area contributed by atoms with Gasteiger partial charge in [0.25, 0.3) is 0 Å². The summed E-state index contributed by atoms with van der Waals surface area (Å²) in [4.78, 5) is 15.6. The number of benzene rings is 8. The Hall–Kier alpha value is -7.69. The molecule has 0 atom stereocenters. The van der Waals surface area contributed by atoms with E-state index in [1.807, 2.05) is 36.4 Å². The van der Waals surface area contributed by atoms with Crippen LogP contribution in [-0.2, 0) is 5.41 Å². The average molecular weight is 768 g/mol. The van der Waals surface area contributed by atoms with E-state index in [4.69, 9.17) is 19.4 Å². The minimum atomic E-state index is -0.0577. The fourth-order valence-electron chi connectivity index (χ4n) is 9.48. The number of hydrogen-bond acceptors (Lipinski definition) is 4. The molecule has 0 spiro atoms. The molecule has 11 aromatic rings. The Morgan fingerprint density at radius 1 is 0.383 bits per heavy atom. The van der Waals surface area contributed by atoms with Crippen molar-refractivity contribution >= 4 is 43.6 Å². The number of pyridine rings is 1. The number of rotatable bonds is 5. The number of fused-ring (bicyclic) bond motifs is 10. The van der Waals surface area contributed by atoms with Crippen LogP contribution in [0.3, 0.4) is 0 Å². The first-order valence-electron chi connectivity index (χ1n) is 20.5. The quantitative estimate of drug-likeness (QED) is 0.164. The maximum Gasteiger partial charge on any atom is 0.160 e. The van der Waals surface area contributed by atoms with Crippen LogP contribution in [0.5, 0.6) is 0 Å². The zero-order valence-electron chi connectivity index (χ0n) is 33.1. The minimum Gasteiger partial charge on any atom is -0.456 e. The third kappa shape index (κ3) is 5.34. The summed E-state index contributed by atoms with van der Waals surface area (Å²) in [6, 6.07) is 66.4. The lowest BCUT2D eigenvalue weighted by molar-refractivity contribution is 0.660. The average Bonchev–Trinajstić information content (AvgIpc) is 3.80. The number of nitrogens with zero attached hydrogens (tertiary/aromatic N) is 3. The highest BCUT2D eigenvalue weighted by Gasteiger charge is 2.35. The van der Waals surface area contributed by atoms with Gasteiger partial charge in [-0.2, -0.15) is 0 Å². The number of aromatic nitrogens is 3. The van der Waals surface area contributed by atoms with Crippen molar-refractivity contribution in [3.8, 4) is 67.4 Å². The first kappa shape index (κ1) is 34.4. The van der Waals surface area contributed by atoms with Crippen molar-refractivity contribution in [3.05, 3.63) is 199 Å². The molecule has 0 amide bonds. The van der Waals surface area contributed by atoms with Crippen LogP contribution in [0, 0.1) is 0 Å². The predicted molar refractivity (Wildman–Crippen MR) is 247 cm³/mol. The largest absolute Gasteiger partial charge is 0.456 e. The van der Waals surface area contributed by atoms with Crippen LogP contribution in [0.4, 0.5) is 0 Å². The fourth-order valence-corrected chi connectivity index (χ4v) is 9.48.